The second kappa shape index (κ2) is 6.17. The predicted molar refractivity (Wildman–Crippen MR) is 80.0 cm³/mol. The van der Waals surface area contributed by atoms with Crippen LogP contribution in [0.25, 0.3) is 0 Å². The van der Waals surface area contributed by atoms with Gasteiger partial charge in [0.1, 0.15) is 5.82 Å². The van der Waals surface area contributed by atoms with Crippen LogP contribution in [0.5, 0.6) is 5.75 Å². The van der Waals surface area contributed by atoms with Crippen LogP contribution in [0.4, 0.5) is 14.5 Å². The van der Waals surface area contributed by atoms with Crippen molar-refractivity contribution >= 4 is 34.2 Å². The molecule has 0 aromatic heterocycles. The Morgan fingerprint density at radius 2 is 1.95 bits per heavy atom. The number of halogens is 3. The van der Waals surface area contributed by atoms with Gasteiger partial charge in [-0.1, -0.05) is 0 Å². The number of carbonyl (C=O) groups is 1. The second-order valence-corrected chi connectivity index (χ2v) is 5.09. The zero-order chi connectivity index (χ0) is 14.7. The molecular formula is C14H10F2INO2. The van der Waals surface area contributed by atoms with Gasteiger partial charge in [-0.3, -0.25) is 4.79 Å². The van der Waals surface area contributed by atoms with Crippen molar-refractivity contribution in [2.75, 3.05) is 12.4 Å². The van der Waals surface area contributed by atoms with Gasteiger partial charge in [0.05, 0.1) is 12.8 Å². The van der Waals surface area contributed by atoms with Gasteiger partial charge in [0.25, 0.3) is 5.91 Å². The van der Waals surface area contributed by atoms with Crippen molar-refractivity contribution in [1.82, 2.24) is 0 Å². The van der Waals surface area contributed by atoms with Crippen LogP contribution in [-0.2, 0) is 0 Å². The smallest absolute Gasteiger partial charge is 0.255 e. The third-order valence-corrected chi connectivity index (χ3v) is 3.49. The summed E-state index contributed by atoms with van der Waals surface area (Å²) in [5.41, 5.74) is 0.622. The van der Waals surface area contributed by atoms with Gasteiger partial charge in [-0.2, -0.15) is 0 Å². The van der Waals surface area contributed by atoms with Crippen LogP contribution in [0.2, 0.25) is 0 Å². The average Bonchev–Trinajstić information content (AvgIpc) is 2.41. The number of benzene rings is 2. The standard InChI is InChI=1S/C14H10F2INO2/c1-20-13-5-2-8(6-10(13)16)14(19)18-12-4-3-9(15)7-11(12)17/h2-7H,1H3,(H,18,19). The van der Waals surface area contributed by atoms with Crippen LogP contribution in [-0.4, -0.2) is 13.0 Å². The number of hydrogen-bond donors (Lipinski definition) is 1. The van der Waals surface area contributed by atoms with E-state index in [0.717, 1.165) is 6.07 Å². The molecule has 1 amide bonds. The lowest BCUT2D eigenvalue weighted by Gasteiger charge is -2.08. The lowest BCUT2D eigenvalue weighted by atomic mass is 10.2. The summed E-state index contributed by atoms with van der Waals surface area (Å²) in [6, 6.07) is 7.91. The Hall–Kier alpha value is -1.70. The van der Waals surface area contributed by atoms with Gasteiger partial charge in [-0.25, -0.2) is 8.78 Å². The first-order valence-electron chi connectivity index (χ1n) is 5.61. The molecule has 0 heterocycles. The Balaban J connectivity index is 2.21. The van der Waals surface area contributed by atoms with Gasteiger partial charge in [0.2, 0.25) is 0 Å². The van der Waals surface area contributed by atoms with Crippen molar-refractivity contribution in [1.29, 1.82) is 0 Å². The molecule has 6 heteroatoms. The van der Waals surface area contributed by atoms with Gasteiger partial charge < -0.3 is 10.1 Å². The highest BCUT2D eigenvalue weighted by Gasteiger charge is 2.12. The van der Waals surface area contributed by atoms with E-state index >= 15 is 0 Å². The highest BCUT2D eigenvalue weighted by Crippen LogP contribution is 2.21. The average molecular weight is 389 g/mol. The number of anilines is 1. The van der Waals surface area contributed by atoms with Crippen molar-refractivity contribution in [2.45, 2.75) is 0 Å². The molecule has 0 saturated heterocycles. The number of carbonyl (C=O) groups excluding carboxylic acids is 1. The molecule has 3 nitrogen and oxygen atoms in total. The Kier molecular flexibility index (Phi) is 4.53. The zero-order valence-corrected chi connectivity index (χ0v) is 12.6. The predicted octanol–water partition coefficient (Wildman–Crippen LogP) is 3.83. The van der Waals surface area contributed by atoms with E-state index in [4.69, 9.17) is 4.74 Å². The van der Waals surface area contributed by atoms with Gasteiger partial charge in [0, 0.05) is 9.13 Å². The zero-order valence-electron chi connectivity index (χ0n) is 10.4. The maximum atomic E-state index is 13.5. The molecule has 2 aromatic rings. The fraction of sp³-hybridized carbons (Fsp3) is 0.0714. The van der Waals surface area contributed by atoms with Crippen molar-refractivity contribution in [3.05, 3.63) is 57.2 Å². The fourth-order valence-electron chi connectivity index (χ4n) is 1.59. The van der Waals surface area contributed by atoms with E-state index in [1.807, 2.05) is 22.6 Å². The highest BCUT2D eigenvalue weighted by molar-refractivity contribution is 14.1. The van der Waals surface area contributed by atoms with Gasteiger partial charge in [-0.05, 0) is 59.0 Å². The molecule has 0 bridgehead atoms. The first-order chi connectivity index (χ1) is 9.51. The van der Waals surface area contributed by atoms with Crippen LogP contribution in [0, 0.1) is 15.2 Å². The summed E-state index contributed by atoms with van der Waals surface area (Å²) in [7, 11) is 1.35. The first kappa shape index (κ1) is 14.7. The molecule has 0 aliphatic heterocycles. The lowest BCUT2D eigenvalue weighted by Crippen LogP contribution is -2.13. The SMILES string of the molecule is COc1ccc(C(=O)Nc2ccc(F)cc2I)cc1F. The van der Waals surface area contributed by atoms with Crippen LogP contribution in [0.3, 0.4) is 0 Å². The van der Waals surface area contributed by atoms with Crippen LogP contribution in [0.15, 0.2) is 36.4 Å². The van der Waals surface area contributed by atoms with E-state index in [-0.39, 0.29) is 17.1 Å². The summed E-state index contributed by atoms with van der Waals surface area (Å²) in [5.74, 6) is -1.41. The maximum absolute atomic E-state index is 13.5. The summed E-state index contributed by atoms with van der Waals surface area (Å²) in [6.07, 6.45) is 0. The fourth-order valence-corrected chi connectivity index (χ4v) is 2.21. The molecule has 20 heavy (non-hydrogen) atoms. The third kappa shape index (κ3) is 3.24. The highest BCUT2D eigenvalue weighted by atomic mass is 127. The minimum atomic E-state index is -0.617. The molecule has 0 atom stereocenters. The van der Waals surface area contributed by atoms with Crippen LogP contribution >= 0.6 is 22.6 Å². The van der Waals surface area contributed by atoms with Gasteiger partial charge in [0.15, 0.2) is 11.6 Å². The molecule has 0 aliphatic carbocycles. The number of rotatable bonds is 3. The van der Waals surface area contributed by atoms with E-state index < -0.39 is 11.7 Å². The summed E-state index contributed by atoms with van der Waals surface area (Å²) < 4.78 is 31.8. The molecule has 0 fully saturated rings. The maximum Gasteiger partial charge on any atom is 0.255 e. The largest absolute Gasteiger partial charge is 0.494 e. The molecule has 0 radical (unpaired) electrons. The Morgan fingerprint density at radius 3 is 2.55 bits per heavy atom. The van der Waals surface area contributed by atoms with Crippen molar-refractivity contribution in [3.8, 4) is 5.75 Å². The van der Waals surface area contributed by atoms with E-state index in [2.05, 4.69) is 5.32 Å². The summed E-state index contributed by atoms with van der Waals surface area (Å²) >= 11 is 1.91. The van der Waals surface area contributed by atoms with Crippen LogP contribution in [0.1, 0.15) is 10.4 Å². The monoisotopic (exact) mass is 389 g/mol. The van der Waals surface area contributed by atoms with Crippen molar-refractivity contribution in [3.63, 3.8) is 0 Å². The number of nitrogens with one attached hydrogen (secondary N) is 1. The number of amides is 1. The molecule has 0 unspecified atom stereocenters. The molecule has 0 spiro atoms. The Bertz CT molecular complexity index is 662. The minimum absolute atomic E-state index is 0.0675. The molecule has 1 N–H and O–H groups in total. The Labute approximate surface area is 128 Å². The topological polar surface area (TPSA) is 38.3 Å². The lowest BCUT2D eigenvalue weighted by molar-refractivity contribution is 0.102. The molecule has 2 rings (SSSR count). The normalized spacial score (nSPS) is 10.2. The number of hydrogen-bond acceptors (Lipinski definition) is 2. The summed E-state index contributed by atoms with van der Waals surface area (Å²) in [4.78, 5) is 12.0. The quantitative estimate of drug-likeness (QED) is 0.811. The minimum Gasteiger partial charge on any atom is -0.494 e. The molecule has 2 aromatic carbocycles. The van der Waals surface area contributed by atoms with E-state index in [1.54, 1.807) is 0 Å². The van der Waals surface area contributed by atoms with E-state index in [0.29, 0.717) is 9.26 Å². The number of ether oxygens (including phenoxy) is 1. The summed E-state index contributed by atoms with van der Waals surface area (Å²) in [5, 5.41) is 2.60. The van der Waals surface area contributed by atoms with Crippen molar-refractivity contribution in [2.24, 2.45) is 0 Å². The van der Waals surface area contributed by atoms with E-state index in [9.17, 15) is 13.6 Å². The number of methoxy groups -OCH3 is 1. The van der Waals surface area contributed by atoms with E-state index in [1.165, 1.54) is 37.4 Å². The second-order valence-electron chi connectivity index (χ2n) is 3.93. The first-order valence-corrected chi connectivity index (χ1v) is 6.69. The third-order valence-electron chi connectivity index (χ3n) is 2.59. The molecule has 104 valence electrons. The van der Waals surface area contributed by atoms with Crippen LogP contribution < -0.4 is 10.1 Å². The van der Waals surface area contributed by atoms with Gasteiger partial charge >= 0.3 is 0 Å². The molecule has 0 aliphatic rings. The van der Waals surface area contributed by atoms with Crippen molar-refractivity contribution < 1.29 is 18.3 Å². The molecular weight excluding hydrogens is 379 g/mol. The Morgan fingerprint density at radius 1 is 1.20 bits per heavy atom. The summed E-state index contributed by atoms with van der Waals surface area (Å²) in [6.45, 7) is 0. The molecule has 0 saturated carbocycles. The van der Waals surface area contributed by atoms with Gasteiger partial charge in [-0.15, -0.1) is 0 Å².